The van der Waals surface area contributed by atoms with Gasteiger partial charge in [-0.2, -0.15) is 0 Å². The number of H-pyrrole nitrogens is 1. The highest BCUT2D eigenvalue weighted by Crippen LogP contribution is 2.48. The van der Waals surface area contributed by atoms with Crippen molar-refractivity contribution in [2.45, 2.75) is 102 Å². The Morgan fingerprint density at radius 2 is 1.62 bits per heavy atom. The van der Waals surface area contributed by atoms with E-state index in [1.54, 1.807) is 0 Å². The van der Waals surface area contributed by atoms with Crippen LogP contribution in [0, 0.1) is 0 Å². The van der Waals surface area contributed by atoms with Gasteiger partial charge in [-0.25, -0.2) is 4.79 Å². The normalized spacial score (nSPS) is 26.4. The molecular weight excluding hydrogens is 474 g/mol. The second-order valence-electron chi connectivity index (χ2n) is 10.4. The van der Waals surface area contributed by atoms with Crippen molar-refractivity contribution in [2.75, 3.05) is 6.61 Å². The van der Waals surface area contributed by atoms with Crippen LogP contribution < -0.4 is 11.2 Å². The van der Waals surface area contributed by atoms with Gasteiger partial charge in [0.15, 0.2) is 0 Å². The van der Waals surface area contributed by atoms with Crippen LogP contribution in [0.15, 0.2) is 20.8 Å². The molecule has 3 rings (SSSR count). The number of nitrogens with zero attached hydrogens (tertiary/aromatic N) is 4. The van der Waals surface area contributed by atoms with Gasteiger partial charge in [-0.05, 0) is 32.8 Å². The molecule has 0 amide bonds. The van der Waals surface area contributed by atoms with Gasteiger partial charge in [-0.1, -0.05) is 55.4 Å². The molecule has 0 spiro atoms. The van der Waals surface area contributed by atoms with Crippen molar-refractivity contribution in [2.24, 2.45) is 5.11 Å². The smallest absolute Gasteiger partial charge is 0.335 e. The molecule has 190 valence electrons. The number of nitrogens with one attached hydrogen (secondary N) is 1. The minimum absolute atomic E-state index is 0.1000. The molecule has 2 saturated heterocycles. The minimum Gasteiger partial charge on any atom is -0.414 e. The Labute approximate surface area is 201 Å². The van der Waals surface area contributed by atoms with Crippen LogP contribution in [-0.4, -0.2) is 45.5 Å². The third kappa shape index (κ3) is 4.70. The molecule has 0 aromatic carbocycles. The Morgan fingerprint density at radius 3 is 2.15 bits per heavy atom. The lowest BCUT2D eigenvalue weighted by atomic mass is 10.2. The van der Waals surface area contributed by atoms with Crippen molar-refractivity contribution in [3.05, 3.63) is 37.3 Å². The molecule has 3 atom stereocenters. The standard InChI is InChI=1S/C21H37N5O6Si2/c1-12(2)33(13(3)4)29-11-17-16(31-34(32-33,14(5)6)15(7)8)9-20(30-17)26-18(24-25-22)10-19(27)23-21(26)28/h10,12-17,20H,9,11H2,1-8H3,(H,23,27,28)/t16-,17+,20+/m0/s1. The van der Waals surface area contributed by atoms with E-state index in [2.05, 4.69) is 70.4 Å². The molecule has 0 saturated carbocycles. The lowest BCUT2D eigenvalue weighted by Gasteiger charge is -2.51. The number of hydrogen-bond donors (Lipinski definition) is 1. The molecule has 1 N–H and O–H groups in total. The molecule has 0 bridgehead atoms. The predicted octanol–water partition coefficient (Wildman–Crippen LogP) is 4.72. The molecule has 0 unspecified atom stereocenters. The molecule has 1 aromatic heterocycles. The van der Waals surface area contributed by atoms with E-state index in [1.165, 1.54) is 4.57 Å². The summed E-state index contributed by atoms with van der Waals surface area (Å²) in [4.78, 5) is 29.4. The van der Waals surface area contributed by atoms with Crippen molar-refractivity contribution in [1.29, 1.82) is 0 Å². The van der Waals surface area contributed by atoms with Crippen molar-refractivity contribution in [3.63, 3.8) is 0 Å². The number of rotatable bonds is 6. The first-order valence-electron chi connectivity index (χ1n) is 12.0. The molecule has 34 heavy (non-hydrogen) atoms. The zero-order valence-electron chi connectivity index (χ0n) is 21.3. The third-order valence-corrected chi connectivity index (χ3v) is 17.2. The number of hydrogen-bond acceptors (Lipinski definition) is 7. The molecule has 0 aliphatic carbocycles. The Hall–Kier alpha value is -1.74. The first kappa shape index (κ1) is 26.9. The molecule has 3 heterocycles. The Bertz CT molecular complexity index is 1030. The van der Waals surface area contributed by atoms with E-state index in [0.717, 1.165) is 6.07 Å². The van der Waals surface area contributed by atoms with Crippen LogP contribution in [0.1, 0.15) is 68.0 Å². The second kappa shape index (κ2) is 10.1. The van der Waals surface area contributed by atoms with Gasteiger partial charge >= 0.3 is 22.8 Å². The number of aromatic nitrogens is 2. The van der Waals surface area contributed by atoms with Gasteiger partial charge < -0.3 is 17.7 Å². The lowest BCUT2D eigenvalue weighted by molar-refractivity contribution is -0.0561. The maximum absolute atomic E-state index is 12.7. The van der Waals surface area contributed by atoms with E-state index in [9.17, 15) is 9.59 Å². The highest BCUT2D eigenvalue weighted by molar-refractivity contribution is 6.83. The number of azide groups is 1. The predicted molar refractivity (Wildman–Crippen MR) is 132 cm³/mol. The quantitative estimate of drug-likeness (QED) is 0.253. The van der Waals surface area contributed by atoms with Gasteiger partial charge in [0.2, 0.25) is 0 Å². The van der Waals surface area contributed by atoms with E-state index in [4.69, 9.17) is 23.2 Å². The number of fused-ring (bicyclic) bond motifs is 1. The monoisotopic (exact) mass is 511 g/mol. The fourth-order valence-electron chi connectivity index (χ4n) is 5.19. The zero-order chi connectivity index (χ0) is 25.4. The minimum atomic E-state index is -2.82. The summed E-state index contributed by atoms with van der Waals surface area (Å²) in [5.41, 5.74) is 8.32. The highest BCUT2D eigenvalue weighted by Gasteiger charge is 2.60. The largest absolute Gasteiger partial charge is 0.414 e. The average Bonchev–Trinajstić information content (AvgIpc) is 3.08. The zero-order valence-corrected chi connectivity index (χ0v) is 23.3. The van der Waals surface area contributed by atoms with E-state index in [0.29, 0.717) is 6.42 Å². The summed E-state index contributed by atoms with van der Waals surface area (Å²) in [5, 5.41) is 3.54. The fraction of sp³-hybridized carbons (Fsp3) is 0.810. The van der Waals surface area contributed by atoms with Crippen LogP contribution in [0.3, 0.4) is 0 Å². The van der Waals surface area contributed by atoms with Gasteiger partial charge in [0.1, 0.15) is 18.1 Å². The van der Waals surface area contributed by atoms with Gasteiger partial charge in [0.25, 0.3) is 5.56 Å². The van der Waals surface area contributed by atoms with Crippen molar-refractivity contribution >= 4 is 22.9 Å². The average molecular weight is 512 g/mol. The summed E-state index contributed by atoms with van der Waals surface area (Å²) in [7, 11) is -5.53. The Balaban J connectivity index is 2.08. The number of aromatic amines is 1. The SMILES string of the molecule is CC(C)[Si]1(C(C)C)OC[C@H]2O[C@@H](n3c(N=[N+]=[N-])cc(=O)[nH]c3=O)C[C@@H]2O[Si](C(C)C)(C(C)C)O1. The van der Waals surface area contributed by atoms with Crippen LogP contribution in [-0.2, 0) is 17.7 Å². The second-order valence-corrected chi connectivity index (χ2v) is 19.2. The van der Waals surface area contributed by atoms with Gasteiger partial charge in [-0.15, -0.1) is 0 Å². The van der Waals surface area contributed by atoms with Crippen LogP contribution in [0.5, 0.6) is 0 Å². The van der Waals surface area contributed by atoms with E-state index in [1.807, 2.05) is 0 Å². The van der Waals surface area contributed by atoms with E-state index in [-0.39, 0.29) is 40.7 Å². The molecular formula is C21H37N5O6Si2. The third-order valence-electron chi connectivity index (χ3n) is 6.92. The first-order chi connectivity index (χ1) is 15.9. The van der Waals surface area contributed by atoms with Crippen LogP contribution in [0.4, 0.5) is 5.82 Å². The summed E-state index contributed by atoms with van der Waals surface area (Å²) in [5.74, 6) is -0.1000. The topological polar surface area (TPSA) is 141 Å². The van der Waals surface area contributed by atoms with Crippen LogP contribution >= 0.6 is 0 Å². The maximum Gasteiger partial charge on any atom is 0.335 e. The molecule has 2 fully saturated rings. The first-order valence-corrected chi connectivity index (χ1v) is 15.9. The highest BCUT2D eigenvalue weighted by atomic mass is 28.5. The maximum atomic E-state index is 12.7. The molecule has 1 aromatic rings. The van der Waals surface area contributed by atoms with E-state index >= 15 is 0 Å². The Morgan fingerprint density at radius 1 is 1.03 bits per heavy atom. The molecule has 0 radical (unpaired) electrons. The summed E-state index contributed by atoms with van der Waals surface area (Å²) in [6.07, 6.45) is -1.24. The van der Waals surface area contributed by atoms with Gasteiger partial charge in [0.05, 0.1) is 12.7 Å². The van der Waals surface area contributed by atoms with Crippen LogP contribution in [0.25, 0.3) is 10.4 Å². The Kier molecular flexibility index (Phi) is 7.97. The van der Waals surface area contributed by atoms with Gasteiger partial charge in [0, 0.05) is 17.4 Å². The lowest BCUT2D eigenvalue weighted by Crippen LogP contribution is -2.65. The fourth-order valence-corrected chi connectivity index (χ4v) is 16.4. The molecule has 2 aliphatic rings. The summed E-state index contributed by atoms with van der Waals surface area (Å²) in [6, 6.07) is 1.09. The summed E-state index contributed by atoms with van der Waals surface area (Å²) >= 11 is 0. The molecule has 2 aliphatic heterocycles. The number of ether oxygens (including phenoxy) is 1. The molecule has 13 heteroatoms. The van der Waals surface area contributed by atoms with Crippen molar-refractivity contribution < 1.29 is 17.7 Å². The van der Waals surface area contributed by atoms with Crippen LogP contribution in [0.2, 0.25) is 22.2 Å². The summed E-state index contributed by atoms with van der Waals surface area (Å²) < 4.78 is 28.3. The van der Waals surface area contributed by atoms with Crippen molar-refractivity contribution in [3.8, 4) is 0 Å². The van der Waals surface area contributed by atoms with E-state index < -0.39 is 40.7 Å². The van der Waals surface area contributed by atoms with Crippen molar-refractivity contribution in [1.82, 2.24) is 9.55 Å². The summed E-state index contributed by atoms with van der Waals surface area (Å²) in [6.45, 7) is 17.4. The molecule has 11 nitrogen and oxygen atoms in total. The van der Waals surface area contributed by atoms with Gasteiger partial charge in [-0.3, -0.25) is 14.3 Å².